The monoisotopic (exact) mass is 314 g/mol. The van der Waals surface area contributed by atoms with Crippen LogP contribution in [0.2, 0.25) is 0 Å². The number of aliphatic hydroxyl groups excluding tert-OH is 1. The van der Waals surface area contributed by atoms with Crippen molar-refractivity contribution in [1.82, 2.24) is 0 Å². The molecule has 0 amide bonds. The lowest BCUT2D eigenvalue weighted by Crippen LogP contribution is -2.54. The lowest BCUT2D eigenvalue weighted by atomic mass is 9.52. The summed E-state index contributed by atoms with van der Waals surface area (Å²) in [5.74, 6) is 0.578. The molecule has 0 saturated heterocycles. The van der Waals surface area contributed by atoms with Gasteiger partial charge < -0.3 is 5.11 Å². The van der Waals surface area contributed by atoms with Gasteiger partial charge in [-0.15, -0.1) is 0 Å². The predicted molar refractivity (Wildman–Crippen MR) is 76.7 cm³/mol. The molecule has 0 aliphatic heterocycles. The minimum atomic E-state index is -0.824. The van der Waals surface area contributed by atoms with Crippen LogP contribution in [0.4, 0.5) is 0 Å². The molecule has 0 heterocycles. The maximum absolute atomic E-state index is 12.4. The Hall–Kier alpha value is -0.150. The van der Waals surface area contributed by atoms with Crippen LogP contribution >= 0.6 is 15.9 Å². The van der Waals surface area contributed by atoms with E-state index in [1.54, 1.807) is 0 Å². The highest BCUT2D eigenvalue weighted by Crippen LogP contribution is 2.54. The molecule has 0 spiro atoms. The highest BCUT2D eigenvalue weighted by atomic mass is 79.9. The first-order valence-electron chi connectivity index (χ1n) is 6.85. The Morgan fingerprint density at radius 3 is 2.78 bits per heavy atom. The predicted octanol–water partition coefficient (Wildman–Crippen LogP) is 3.33. The van der Waals surface area contributed by atoms with Crippen LogP contribution in [0.1, 0.15) is 39.5 Å². The number of halogens is 1. The zero-order valence-corrected chi connectivity index (χ0v) is 12.9. The maximum Gasteiger partial charge on any atom is 0.165 e. The SMILES string of the molecule is C=C(C)C1CC2(C)C(CBr)CCCC2C(=O)C1O. The molecule has 0 radical (unpaired) electrons. The maximum atomic E-state index is 12.4. The quantitative estimate of drug-likeness (QED) is 0.627. The normalized spacial score (nSPS) is 44.6. The number of hydrogen-bond acceptors (Lipinski definition) is 2. The highest BCUT2D eigenvalue weighted by molar-refractivity contribution is 9.09. The van der Waals surface area contributed by atoms with Gasteiger partial charge in [0, 0.05) is 17.2 Å². The zero-order valence-electron chi connectivity index (χ0n) is 11.3. The second-order valence-corrected chi connectivity index (χ2v) is 6.99. The van der Waals surface area contributed by atoms with E-state index >= 15 is 0 Å². The van der Waals surface area contributed by atoms with E-state index in [9.17, 15) is 9.90 Å². The fourth-order valence-electron chi connectivity index (χ4n) is 3.98. The van der Waals surface area contributed by atoms with Crippen molar-refractivity contribution < 1.29 is 9.90 Å². The van der Waals surface area contributed by atoms with Gasteiger partial charge in [0.1, 0.15) is 6.10 Å². The first-order valence-corrected chi connectivity index (χ1v) is 7.97. The lowest BCUT2D eigenvalue weighted by molar-refractivity contribution is -0.151. The summed E-state index contributed by atoms with van der Waals surface area (Å²) in [7, 11) is 0. The first-order chi connectivity index (χ1) is 8.41. The lowest BCUT2D eigenvalue weighted by Gasteiger charge is -2.52. The minimum Gasteiger partial charge on any atom is -0.385 e. The molecule has 2 aliphatic carbocycles. The van der Waals surface area contributed by atoms with Crippen LogP contribution < -0.4 is 0 Å². The topological polar surface area (TPSA) is 37.3 Å². The van der Waals surface area contributed by atoms with E-state index in [0.29, 0.717) is 5.92 Å². The molecule has 0 aromatic rings. The van der Waals surface area contributed by atoms with Gasteiger partial charge in [-0.05, 0) is 37.5 Å². The van der Waals surface area contributed by atoms with Gasteiger partial charge in [0.25, 0.3) is 0 Å². The van der Waals surface area contributed by atoms with E-state index in [1.165, 1.54) is 6.42 Å². The van der Waals surface area contributed by atoms with E-state index in [4.69, 9.17) is 0 Å². The summed E-state index contributed by atoms with van der Waals surface area (Å²) in [4.78, 5) is 12.4. The molecule has 1 N–H and O–H groups in total. The van der Waals surface area contributed by atoms with Crippen molar-refractivity contribution in [2.75, 3.05) is 5.33 Å². The zero-order chi connectivity index (χ0) is 13.5. The minimum absolute atomic E-state index is 0.0294. The van der Waals surface area contributed by atoms with Crippen LogP contribution in [0.5, 0.6) is 0 Å². The Morgan fingerprint density at radius 1 is 1.56 bits per heavy atom. The van der Waals surface area contributed by atoms with Crippen molar-refractivity contribution in [2.45, 2.75) is 45.6 Å². The van der Waals surface area contributed by atoms with Gasteiger partial charge in [-0.2, -0.15) is 0 Å². The molecule has 0 aromatic heterocycles. The Balaban J connectivity index is 2.35. The van der Waals surface area contributed by atoms with E-state index < -0.39 is 6.10 Å². The van der Waals surface area contributed by atoms with Gasteiger partial charge in [-0.3, -0.25) is 4.79 Å². The van der Waals surface area contributed by atoms with Gasteiger partial charge in [-0.1, -0.05) is 41.4 Å². The summed E-state index contributed by atoms with van der Waals surface area (Å²) in [6.45, 7) is 8.13. The Kier molecular flexibility index (Phi) is 4.03. The van der Waals surface area contributed by atoms with Crippen LogP contribution in [0.3, 0.4) is 0 Å². The number of carbonyl (C=O) groups is 1. The number of hydrogen-bond donors (Lipinski definition) is 1. The molecular formula is C15H23BrO2. The molecule has 5 atom stereocenters. The summed E-state index contributed by atoms with van der Waals surface area (Å²) >= 11 is 3.60. The third-order valence-electron chi connectivity index (χ3n) is 5.27. The molecule has 2 aliphatic rings. The van der Waals surface area contributed by atoms with Crippen LogP contribution in [0, 0.1) is 23.2 Å². The van der Waals surface area contributed by atoms with Gasteiger partial charge >= 0.3 is 0 Å². The number of alkyl halides is 1. The van der Waals surface area contributed by atoms with Gasteiger partial charge in [0.2, 0.25) is 0 Å². The van der Waals surface area contributed by atoms with E-state index in [-0.39, 0.29) is 23.0 Å². The Bertz CT molecular complexity index is 366. The van der Waals surface area contributed by atoms with Crippen LogP contribution in [-0.2, 0) is 4.79 Å². The van der Waals surface area contributed by atoms with Crippen molar-refractivity contribution in [3.63, 3.8) is 0 Å². The molecule has 3 heteroatoms. The summed E-state index contributed by atoms with van der Waals surface area (Å²) in [5, 5.41) is 11.1. The largest absolute Gasteiger partial charge is 0.385 e. The van der Waals surface area contributed by atoms with E-state index in [1.807, 2.05) is 6.92 Å². The van der Waals surface area contributed by atoms with Crippen LogP contribution in [-0.4, -0.2) is 22.3 Å². The van der Waals surface area contributed by atoms with Crippen molar-refractivity contribution in [1.29, 1.82) is 0 Å². The number of carbonyl (C=O) groups excluding carboxylic acids is 1. The first kappa shape index (κ1) is 14.3. The molecule has 2 rings (SSSR count). The smallest absolute Gasteiger partial charge is 0.165 e. The number of ketones is 1. The van der Waals surface area contributed by atoms with E-state index in [0.717, 1.165) is 30.2 Å². The van der Waals surface area contributed by atoms with Crippen molar-refractivity contribution in [2.24, 2.45) is 23.2 Å². The third-order valence-corrected chi connectivity index (χ3v) is 6.05. The van der Waals surface area contributed by atoms with E-state index in [2.05, 4.69) is 29.4 Å². The Labute approximate surface area is 118 Å². The molecule has 5 unspecified atom stereocenters. The molecular weight excluding hydrogens is 292 g/mol. The number of fused-ring (bicyclic) bond motifs is 1. The van der Waals surface area contributed by atoms with Gasteiger partial charge in [0.05, 0.1) is 0 Å². The molecule has 0 bridgehead atoms. The summed E-state index contributed by atoms with van der Waals surface area (Å²) < 4.78 is 0. The molecule has 102 valence electrons. The summed E-state index contributed by atoms with van der Waals surface area (Å²) in [5.41, 5.74) is 0.969. The summed E-state index contributed by atoms with van der Waals surface area (Å²) in [6, 6.07) is 0. The molecule has 2 fully saturated rings. The molecule has 2 saturated carbocycles. The standard InChI is InChI=1S/C15H23BrO2/c1-9(2)11-7-15(3)10(8-16)5-4-6-12(15)14(18)13(11)17/h10-13,17H,1,4-8H2,2-3H3. The van der Waals surface area contributed by atoms with Crippen molar-refractivity contribution in [3.8, 4) is 0 Å². The van der Waals surface area contributed by atoms with Crippen molar-refractivity contribution in [3.05, 3.63) is 12.2 Å². The molecule has 18 heavy (non-hydrogen) atoms. The second kappa shape index (κ2) is 5.09. The fraction of sp³-hybridized carbons (Fsp3) is 0.800. The summed E-state index contributed by atoms with van der Waals surface area (Å²) in [6.07, 6.45) is 3.31. The van der Waals surface area contributed by atoms with Crippen molar-refractivity contribution >= 4 is 21.7 Å². The number of Topliss-reactive ketones (excluding diaryl/α,β-unsaturated/α-hetero) is 1. The van der Waals surface area contributed by atoms with Crippen LogP contribution in [0.25, 0.3) is 0 Å². The molecule has 0 aromatic carbocycles. The Morgan fingerprint density at radius 2 is 2.22 bits per heavy atom. The highest BCUT2D eigenvalue weighted by Gasteiger charge is 2.54. The second-order valence-electron chi connectivity index (χ2n) is 6.34. The number of rotatable bonds is 2. The fourth-order valence-corrected chi connectivity index (χ4v) is 5.04. The average molecular weight is 315 g/mol. The number of aliphatic hydroxyl groups is 1. The average Bonchev–Trinajstić information content (AvgIpc) is 2.33. The van der Waals surface area contributed by atoms with Crippen LogP contribution in [0.15, 0.2) is 12.2 Å². The third kappa shape index (κ3) is 2.09. The van der Waals surface area contributed by atoms with Gasteiger partial charge in [-0.25, -0.2) is 0 Å². The van der Waals surface area contributed by atoms with Gasteiger partial charge in [0.15, 0.2) is 5.78 Å². The molecule has 2 nitrogen and oxygen atoms in total.